The van der Waals surface area contributed by atoms with Crippen LogP contribution in [-0.4, -0.2) is 49.5 Å². The first-order valence-electron chi connectivity index (χ1n) is 11.6. The first kappa shape index (κ1) is 26.3. The summed E-state index contributed by atoms with van der Waals surface area (Å²) in [6, 6.07) is 4.13. The van der Waals surface area contributed by atoms with Crippen LogP contribution in [0.2, 0.25) is 0 Å². The molecule has 1 amide bonds. The lowest BCUT2D eigenvalue weighted by atomic mass is 10.2. The van der Waals surface area contributed by atoms with Gasteiger partial charge in [0.2, 0.25) is 11.7 Å². The van der Waals surface area contributed by atoms with E-state index in [1.807, 2.05) is 0 Å². The summed E-state index contributed by atoms with van der Waals surface area (Å²) in [4.78, 5) is 62.5. The Labute approximate surface area is 222 Å². The zero-order valence-electron chi connectivity index (χ0n) is 20.9. The molecule has 0 radical (unpaired) electrons. The number of hydrogen-bond donors (Lipinski definition) is 1. The first-order valence-corrected chi connectivity index (χ1v) is 11.6. The molecule has 0 saturated carbocycles. The lowest BCUT2D eigenvalue weighted by molar-refractivity contribution is -0.145. The van der Waals surface area contributed by atoms with Gasteiger partial charge in [-0.2, -0.15) is 13.2 Å². The van der Waals surface area contributed by atoms with Crippen molar-refractivity contribution in [1.29, 1.82) is 0 Å². The van der Waals surface area contributed by atoms with Crippen molar-refractivity contribution in [2.24, 2.45) is 7.05 Å². The van der Waals surface area contributed by atoms with Gasteiger partial charge >= 0.3 is 11.9 Å². The molecule has 1 atom stereocenters. The minimum Gasteiger partial charge on any atom is -0.312 e. The third-order valence-corrected chi connectivity index (χ3v) is 5.99. The molecule has 5 aromatic rings. The summed E-state index contributed by atoms with van der Waals surface area (Å²) in [6.45, 7) is 1.44. The van der Waals surface area contributed by atoms with Crippen LogP contribution in [-0.2, 0) is 24.6 Å². The van der Waals surface area contributed by atoms with Crippen LogP contribution in [0.1, 0.15) is 24.5 Å². The fraction of sp³-hybridized carbons (Fsp3) is 0.208. The summed E-state index contributed by atoms with van der Waals surface area (Å²) >= 11 is 0. The van der Waals surface area contributed by atoms with Crippen molar-refractivity contribution in [3.05, 3.63) is 87.9 Å². The maximum absolute atomic E-state index is 13.4. The van der Waals surface area contributed by atoms with Crippen molar-refractivity contribution in [3.63, 3.8) is 0 Å². The number of carbonyl (C=O) groups excluding carboxylic acids is 1. The maximum Gasteiger partial charge on any atom is 0.451 e. The second-order valence-electron chi connectivity index (χ2n) is 8.63. The Hall–Kier alpha value is -5.28. The van der Waals surface area contributed by atoms with Gasteiger partial charge in [0.15, 0.2) is 17.0 Å². The number of aromatic nitrogens is 9. The fourth-order valence-corrected chi connectivity index (χ4v) is 3.90. The van der Waals surface area contributed by atoms with E-state index in [0.717, 1.165) is 17.0 Å². The van der Waals surface area contributed by atoms with Crippen LogP contribution < -0.4 is 16.6 Å². The predicted octanol–water partition coefficient (Wildman–Crippen LogP) is 1.81. The number of pyridine rings is 1. The maximum atomic E-state index is 13.4. The number of halogens is 3. The fourth-order valence-electron chi connectivity index (χ4n) is 3.90. The third-order valence-electron chi connectivity index (χ3n) is 5.99. The summed E-state index contributed by atoms with van der Waals surface area (Å²) in [5, 5.41) is 2.57. The molecule has 0 aliphatic rings. The molecule has 13 nitrogen and oxygen atoms in total. The van der Waals surface area contributed by atoms with E-state index in [-0.39, 0.29) is 34.8 Å². The minimum atomic E-state index is -4.69. The topological polar surface area (TPSA) is 155 Å². The summed E-state index contributed by atoms with van der Waals surface area (Å²) < 4.78 is 41.8. The molecular weight excluding hydrogens is 533 g/mol. The summed E-state index contributed by atoms with van der Waals surface area (Å²) in [5.41, 5.74) is -0.345. The van der Waals surface area contributed by atoms with Crippen molar-refractivity contribution in [2.75, 3.05) is 5.32 Å². The second kappa shape index (κ2) is 10.1. The molecule has 40 heavy (non-hydrogen) atoms. The number of carbonyl (C=O) groups is 1. The van der Waals surface area contributed by atoms with Gasteiger partial charge in [0.25, 0.3) is 5.56 Å². The van der Waals surface area contributed by atoms with Gasteiger partial charge in [0.1, 0.15) is 6.04 Å². The van der Waals surface area contributed by atoms with Gasteiger partial charge in [0.05, 0.1) is 36.7 Å². The van der Waals surface area contributed by atoms with Gasteiger partial charge in [-0.05, 0) is 19.1 Å². The summed E-state index contributed by atoms with van der Waals surface area (Å²) in [6.07, 6.45) is 2.55. The number of rotatable bonds is 6. The Bertz CT molecular complexity index is 1830. The molecule has 0 aliphatic heterocycles. The molecule has 5 heterocycles. The Morgan fingerprint density at radius 3 is 2.48 bits per heavy atom. The molecule has 0 fully saturated rings. The lowest BCUT2D eigenvalue weighted by Gasteiger charge is -2.15. The van der Waals surface area contributed by atoms with Crippen molar-refractivity contribution >= 4 is 22.9 Å². The van der Waals surface area contributed by atoms with Crippen LogP contribution in [0.15, 0.2) is 65.1 Å². The zero-order valence-corrected chi connectivity index (χ0v) is 20.9. The monoisotopic (exact) mass is 552 g/mol. The third kappa shape index (κ3) is 4.93. The SMILES string of the molecule is C[C@@H](C(=O)Nc1cncc(-c2cnc(C(F)(F)F)nc2)n1)n1cnc2c1c(=O)n(Cc1ccccn1)c(=O)n2C. The number of hydrogen-bond acceptors (Lipinski definition) is 9. The minimum absolute atomic E-state index is 0.00127. The van der Waals surface area contributed by atoms with Gasteiger partial charge in [-0.1, -0.05) is 6.07 Å². The zero-order chi connectivity index (χ0) is 28.6. The molecular formula is C24H19F3N10O3. The van der Waals surface area contributed by atoms with Crippen molar-refractivity contribution in [1.82, 2.24) is 43.6 Å². The summed E-state index contributed by atoms with van der Waals surface area (Å²) in [7, 11) is 1.47. The van der Waals surface area contributed by atoms with Crippen LogP contribution in [0.4, 0.5) is 19.0 Å². The van der Waals surface area contributed by atoms with Gasteiger partial charge in [-0.3, -0.25) is 28.7 Å². The second-order valence-corrected chi connectivity index (χ2v) is 8.63. The molecule has 5 rings (SSSR count). The van der Waals surface area contributed by atoms with E-state index in [4.69, 9.17) is 0 Å². The van der Waals surface area contributed by atoms with Crippen LogP contribution in [0, 0.1) is 0 Å². The summed E-state index contributed by atoms with van der Waals surface area (Å²) in [5.74, 6) is -1.90. The molecule has 0 bridgehead atoms. The number of nitrogens with zero attached hydrogens (tertiary/aromatic N) is 9. The Balaban J connectivity index is 1.43. The van der Waals surface area contributed by atoms with Crippen LogP contribution in [0.5, 0.6) is 0 Å². The van der Waals surface area contributed by atoms with E-state index in [1.165, 1.54) is 41.8 Å². The quantitative estimate of drug-likeness (QED) is 0.332. The van der Waals surface area contributed by atoms with Gasteiger partial charge < -0.3 is 9.88 Å². The van der Waals surface area contributed by atoms with E-state index < -0.39 is 35.2 Å². The highest BCUT2D eigenvalue weighted by Gasteiger charge is 2.34. The lowest BCUT2D eigenvalue weighted by Crippen LogP contribution is -2.40. The molecule has 0 aliphatic carbocycles. The highest BCUT2D eigenvalue weighted by Crippen LogP contribution is 2.26. The molecule has 5 aromatic heterocycles. The average molecular weight is 552 g/mol. The largest absolute Gasteiger partial charge is 0.451 e. The Morgan fingerprint density at radius 2 is 1.80 bits per heavy atom. The smallest absolute Gasteiger partial charge is 0.312 e. The van der Waals surface area contributed by atoms with Crippen molar-refractivity contribution in [3.8, 4) is 11.3 Å². The van der Waals surface area contributed by atoms with Crippen molar-refractivity contribution < 1.29 is 18.0 Å². The van der Waals surface area contributed by atoms with E-state index >= 15 is 0 Å². The van der Waals surface area contributed by atoms with E-state index in [1.54, 1.807) is 24.4 Å². The van der Waals surface area contributed by atoms with E-state index in [2.05, 4.69) is 35.2 Å². The molecule has 0 aromatic carbocycles. The van der Waals surface area contributed by atoms with Crippen LogP contribution in [0.25, 0.3) is 22.4 Å². The van der Waals surface area contributed by atoms with Crippen molar-refractivity contribution in [2.45, 2.75) is 25.7 Å². The molecule has 204 valence electrons. The number of amides is 1. The average Bonchev–Trinajstić information content (AvgIpc) is 3.39. The highest BCUT2D eigenvalue weighted by molar-refractivity contribution is 5.93. The first-order chi connectivity index (χ1) is 19.0. The Kier molecular flexibility index (Phi) is 6.66. The van der Waals surface area contributed by atoms with Gasteiger partial charge in [0, 0.05) is 31.2 Å². The van der Waals surface area contributed by atoms with E-state index in [9.17, 15) is 27.6 Å². The number of aryl methyl sites for hydroxylation is 1. The number of imidazole rings is 1. The number of nitrogens with one attached hydrogen (secondary N) is 1. The Morgan fingerprint density at radius 1 is 1.05 bits per heavy atom. The number of alkyl halides is 3. The molecule has 0 unspecified atom stereocenters. The van der Waals surface area contributed by atoms with E-state index in [0.29, 0.717) is 5.69 Å². The predicted molar refractivity (Wildman–Crippen MR) is 134 cm³/mol. The number of fused-ring (bicyclic) bond motifs is 1. The highest BCUT2D eigenvalue weighted by atomic mass is 19.4. The molecule has 16 heteroatoms. The normalized spacial score (nSPS) is 12.4. The molecule has 1 N–H and O–H groups in total. The standard InChI is InChI=1S/C24H19F3N10O3/c1-13(20(38)34-17-10-28-9-16(33-17)14-7-30-22(31-8-14)24(25,26)27)37-12-32-19-18(37)21(39)36(23(40)35(19)2)11-15-5-3-4-6-29-15/h3-10,12-13H,11H2,1-2H3,(H,33,34,38)/t13-/m0/s1. The van der Waals surface area contributed by atoms with Crippen LogP contribution in [0.3, 0.4) is 0 Å². The molecule has 0 spiro atoms. The molecule has 0 saturated heterocycles. The van der Waals surface area contributed by atoms with Crippen LogP contribution >= 0.6 is 0 Å². The number of anilines is 1. The van der Waals surface area contributed by atoms with Gasteiger partial charge in [-0.15, -0.1) is 0 Å². The van der Waals surface area contributed by atoms with Gasteiger partial charge in [-0.25, -0.2) is 24.7 Å².